The Labute approximate surface area is 88.1 Å². The van der Waals surface area contributed by atoms with E-state index in [0.29, 0.717) is 12.6 Å². The maximum atomic E-state index is 5.48. The van der Waals surface area contributed by atoms with Crippen LogP contribution in [0.4, 0.5) is 11.1 Å². The largest absolute Gasteiger partial charge is 0.383 e. The first-order valence-electron chi connectivity index (χ1n) is 4.53. The molecule has 0 fully saturated rings. The van der Waals surface area contributed by atoms with Crippen molar-refractivity contribution in [2.45, 2.75) is 19.9 Å². The van der Waals surface area contributed by atoms with Gasteiger partial charge in [-0.25, -0.2) is 0 Å². The third-order valence-corrected chi connectivity index (χ3v) is 2.72. The van der Waals surface area contributed by atoms with Crippen molar-refractivity contribution in [1.29, 1.82) is 0 Å². The van der Waals surface area contributed by atoms with Crippen LogP contribution in [0.25, 0.3) is 0 Å². The Balaban J connectivity index is 2.71. The minimum absolute atomic E-state index is 0.289. The lowest BCUT2D eigenvalue weighted by molar-refractivity contribution is 0.182. The second kappa shape index (κ2) is 5.11. The predicted octanol–water partition coefficient (Wildman–Crippen LogP) is 0.982. The number of likely N-dealkylation sites (N-methyl/N-ethyl adjacent to an activating group) is 1. The van der Waals surface area contributed by atoms with Crippen molar-refractivity contribution in [3.05, 3.63) is 0 Å². The molecule has 0 spiro atoms. The summed E-state index contributed by atoms with van der Waals surface area (Å²) in [5.41, 5.74) is 5.48. The highest BCUT2D eigenvalue weighted by Crippen LogP contribution is 2.20. The number of aromatic nitrogens is 2. The maximum absolute atomic E-state index is 5.48. The summed E-state index contributed by atoms with van der Waals surface area (Å²) in [6, 6.07) is 0.289. The monoisotopic (exact) mass is 216 g/mol. The average Bonchev–Trinajstić information content (AvgIpc) is 2.54. The number of methoxy groups -OCH3 is 1. The third kappa shape index (κ3) is 2.55. The van der Waals surface area contributed by atoms with Crippen LogP contribution in [0.15, 0.2) is 0 Å². The van der Waals surface area contributed by atoms with Crippen LogP contribution in [0.1, 0.15) is 13.8 Å². The van der Waals surface area contributed by atoms with Gasteiger partial charge >= 0.3 is 0 Å². The minimum atomic E-state index is 0.289. The number of hydrogen-bond acceptors (Lipinski definition) is 6. The van der Waals surface area contributed by atoms with Crippen LogP contribution in [0.2, 0.25) is 0 Å². The Morgan fingerprint density at radius 2 is 2.36 bits per heavy atom. The number of ether oxygens (including phenoxy) is 1. The lowest BCUT2D eigenvalue weighted by atomic mass is 10.3. The molecule has 0 radical (unpaired) electrons. The summed E-state index contributed by atoms with van der Waals surface area (Å²) in [7, 11) is 1.69. The molecule has 1 unspecified atom stereocenters. The molecule has 0 aliphatic carbocycles. The highest BCUT2D eigenvalue weighted by Gasteiger charge is 2.16. The lowest BCUT2D eigenvalue weighted by Crippen LogP contribution is -2.36. The Morgan fingerprint density at radius 3 is 2.79 bits per heavy atom. The topological polar surface area (TPSA) is 64.3 Å². The summed E-state index contributed by atoms with van der Waals surface area (Å²) in [5, 5.41) is 0.856. The number of nitrogens with zero attached hydrogens (tertiary/aromatic N) is 3. The van der Waals surface area contributed by atoms with Crippen molar-refractivity contribution in [2.75, 3.05) is 30.9 Å². The highest BCUT2D eigenvalue weighted by atomic mass is 32.1. The van der Waals surface area contributed by atoms with E-state index in [1.54, 1.807) is 7.11 Å². The van der Waals surface area contributed by atoms with E-state index >= 15 is 0 Å². The van der Waals surface area contributed by atoms with Crippen molar-refractivity contribution in [3.63, 3.8) is 0 Å². The second-order valence-electron chi connectivity index (χ2n) is 3.03. The first-order chi connectivity index (χ1) is 6.69. The molecule has 14 heavy (non-hydrogen) atoms. The molecule has 1 aromatic rings. The van der Waals surface area contributed by atoms with Crippen molar-refractivity contribution in [3.8, 4) is 0 Å². The molecule has 0 saturated carbocycles. The normalized spacial score (nSPS) is 12.8. The van der Waals surface area contributed by atoms with E-state index in [1.165, 1.54) is 11.5 Å². The number of rotatable bonds is 5. The van der Waals surface area contributed by atoms with Gasteiger partial charge in [0, 0.05) is 25.2 Å². The van der Waals surface area contributed by atoms with E-state index in [1.807, 2.05) is 0 Å². The molecule has 0 aliphatic rings. The fraction of sp³-hybridized carbons (Fsp3) is 0.750. The first kappa shape index (κ1) is 11.2. The molecule has 1 rings (SSSR count). The second-order valence-corrected chi connectivity index (χ2v) is 3.76. The van der Waals surface area contributed by atoms with Crippen molar-refractivity contribution < 1.29 is 4.74 Å². The van der Waals surface area contributed by atoms with Crippen LogP contribution < -0.4 is 10.6 Å². The first-order valence-corrected chi connectivity index (χ1v) is 5.31. The van der Waals surface area contributed by atoms with Gasteiger partial charge in [-0.2, -0.15) is 9.36 Å². The van der Waals surface area contributed by atoms with Gasteiger partial charge in [-0.1, -0.05) is 0 Å². The van der Waals surface area contributed by atoms with Gasteiger partial charge in [0.1, 0.15) is 0 Å². The summed E-state index contributed by atoms with van der Waals surface area (Å²) in [6.45, 7) is 5.71. The average molecular weight is 216 g/mol. The van der Waals surface area contributed by atoms with Gasteiger partial charge in [-0.05, 0) is 13.8 Å². The van der Waals surface area contributed by atoms with Gasteiger partial charge in [-0.3, -0.25) is 0 Å². The van der Waals surface area contributed by atoms with Crippen molar-refractivity contribution in [1.82, 2.24) is 9.36 Å². The van der Waals surface area contributed by atoms with E-state index in [2.05, 4.69) is 28.1 Å². The zero-order valence-corrected chi connectivity index (χ0v) is 9.54. The highest BCUT2D eigenvalue weighted by molar-refractivity contribution is 7.09. The fourth-order valence-electron chi connectivity index (χ4n) is 1.31. The quantitative estimate of drug-likeness (QED) is 0.795. The predicted molar refractivity (Wildman–Crippen MR) is 58.7 cm³/mol. The Bertz CT molecular complexity index is 278. The molecule has 0 aliphatic heterocycles. The van der Waals surface area contributed by atoms with E-state index in [0.717, 1.165) is 11.7 Å². The molecule has 0 saturated heterocycles. The molecule has 80 valence electrons. The molecule has 1 heterocycles. The summed E-state index contributed by atoms with van der Waals surface area (Å²) >= 11 is 1.32. The Hall–Kier alpha value is -0.880. The van der Waals surface area contributed by atoms with Crippen LogP contribution in [-0.4, -0.2) is 35.7 Å². The van der Waals surface area contributed by atoms with Crippen molar-refractivity contribution in [2.24, 2.45) is 0 Å². The number of hydrogen-bond donors (Lipinski definition) is 1. The summed E-state index contributed by atoms with van der Waals surface area (Å²) in [5.74, 6) is 0.341. The summed E-state index contributed by atoms with van der Waals surface area (Å²) in [4.78, 5) is 6.26. The molecule has 0 amide bonds. The van der Waals surface area contributed by atoms with Crippen LogP contribution >= 0.6 is 11.5 Å². The molecular formula is C8H16N4OS. The number of nitrogens with two attached hydrogens (primary N) is 1. The van der Waals surface area contributed by atoms with Crippen LogP contribution in [0.5, 0.6) is 0 Å². The van der Waals surface area contributed by atoms with E-state index < -0.39 is 0 Å². The van der Waals surface area contributed by atoms with Gasteiger partial charge in [0.25, 0.3) is 0 Å². The lowest BCUT2D eigenvalue weighted by Gasteiger charge is -2.26. The molecule has 0 bridgehead atoms. The molecule has 2 N–H and O–H groups in total. The van der Waals surface area contributed by atoms with Crippen LogP contribution in [0, 0.1) is 0 Å². The van der Waals surface area contributed by atoms with Gasteiger partial charge in [0.15, 0.2) is 0 Å². The molecule has 6 heteroatoms. The van der Waals surface area contributed by atoms with Gasteiger partial charge in [-0.15, -0.1) is 0 Å². The number of nitrogen functional groups attached to an aromatic ring is 1. The van der Waals surface area contributed by atoms with Crippen LogP contribution in [0.3, 0.4) is 0 Å². The van der Waals surface area contributed by atoms with E-state index in [-0.39, 0.29) is 6.04 Å². The SMILES string of the molecule is CCN(c1nc(N)ns1)C(C)COC. The van der Waals surface area contributed by atoms with Gasteiger partial charge in [0.05, 0.1) is 12.6 Å². The maximum Gasteiger partial charge on any atom is 0.233 e. The van der Waals surface area contributed by atoms with Crippen molar-refractivity contribution >= 4 is 22.6 Å². The summed E-state index contributed by atoms with van der Waals surface area (Å²) < 4.78 is 9.05. The zero-order valence-electron chi connectivity index (χ0n) is 8.73. The molecule has 0 aromatic carbocycles. The number of anilines is 2. The molecular weight excluding hydrogens is 200 g/mol. The van der Waals surface area contributed by atoms with E-state index in [9.17, 15) is 0 Å². The Morgan fingerprint density at radius 1 is 1.64 bits per heavy atom. The van der Waals surface area contributed by atoms with Gasteiger partial charge < -0.3 is 15.4 Å². The van der Waals surface area contributed by atoms with Gasteiger partial charge in [0.2, 0.25) is 11.1 Å². The zero-order chi connectivity index (χ0) is 10.6. The standard InChI is InChI=1S/C8H16N4OS/c1-4-12(6(2)5-13-3)8-10-7(9)11-14-8/h6H,4-5H2,1-3H3,(H2,9,11). The molecule has 1 atom stereocenters. The Kier molecular flexibility index (Phi) is 4.09. The fourth-order valence-corrected chi connectivity index (χ4v) is 2.07. The summed E-state index contributed by atoms with van der Waals surface area (Å²) in [6.07, 6.45) is 0. The molecule has 5 nitrogen and oxygen atoms in total. The van der Waals surface area contributed by atoms with E-state index in [4.69, 9.17) is 10.5 Å². The van der Waals surface area contributed by atoms with Crippen LogP contribution in [-0.2, 0) is 4.74 Å². The molecule has 1 aromatic heterocycles. The smallest absolute Gasteiger partial charge is 0.233 e. The minimum Gasteiger partial charge on any atom is -0.383 e. The third-order valence-electron chi connectivity index (χ3n) is 1.96.